The molecular formula is C27H29F6N5O2. The number of rotatable bonds is 8. The first kappa shape index (κ1) is 28.5. The molecule has 2 fully saturated rings. The number of ether oxygens (including phenoxy) is 1. The van der Waals surface area contributed by atoms with E-state index in [1.165, 1.54) is 4.80 Å². The molecule has 7 nitrogen and oxygen atoms in total. The third-order valence-corrected chi connectivity index (χ3v) is 7.63. The minimum atomic E-state index is -4.95. The third kappa shape index (κ3) is 5.86. The first-order chi connectivity index (χ1) is 18.8. The Bertz CT molecular complexity index is 1300. The van der Waals surface area contributed by atoms with E-state index in [1.807, 2.05) is 30.3 Å². The number of fused-ring (bicyclic) bond motifs is 2. The lowest BCUT2D eigenvalue weighted by atomic mass is 9.86. The van der Waals surface area contributed by atoms with E-state index in [1.54, 1.807) is 6.92 Å². The normalized spacial score (nSPS) is 25.8. The first-order valence-electron chi connectivity index (χ1n) is 13.0. The average Bonchev–Trinajstić information content (AvgIpc) is 3.43. The maximum Gasteiger partial charge on any atom is 0.416 e. The largest absolute Gasteiger partial charge is 0.416 e. The number of nitrogens with zero attached hydrogens (tertiary/aromatic N) is 4. The van der Waals surface area contributed by atoms with Gasteiger partial charge >= 0.3 is 12.4 Å². The minimum absolute atomic E-state index is 0.113. The maximum atomic E-state index is 13.4. The highest BCUT2D eigenvalue weighted by atomic mass is 19.4. The number of aromatic nitrogens is 4. The lowest BCUT2D eigenvalue weighted by Gasteiger charge is -2.41. The van der Waals surface area contributed by atoms with Gasteiger partial charge in [0.15, 0.2) is 5.82 Å². The highest BCUT2D eigenvalue weighted by molar-refractivity contribution is 5.33. The van der Waals surface area contributed by atoms with Crippen molar-refractivity contribution in [2.24, 2.45) is 5.92 Å². The lowest BCUT2D eigenvalue weighted by molar-refractivity contribution is -0.143. The molecule has 2 saturated heterocycles. The Morgan fingerprint density at radius 2 is 1.70 bits per heavy atom. The molecule has 2 aliphatic rings. The highest BCUT2D eigenvalue weighted by Crippen LogP contribution is 2.52. The van der Waals surface area contributed by atoms with Crippen molar-refractivity contribution in [3.8, 4) is 0 Å². The molecule has 0 amide bonds. The smallest absolute Gasteiger partial charge is 0.391 e. The number of piperidine rings is 1. The summed E-state index contributed by atoms with van der Waals surface area (Å²) in [7, 11) is 0. The zero-order chi connectivity index (χ0) is 28.8. The molecule has 40 heavy (non-hydrogen) atoms. The van der Waals surface area contributed by atoms with Crippen molar-refractivity contribution in [1.82, 2.24) is 25.5 Å². The molecule has 5 rings (SSSR count). The van der Waals surface area contributed by atoms with Crippen molar-refractivity contribution in [1.29, 1.82) is 0 Å². The summed E-state index contributed by atoms with van der Waals surface area (Å²) in [5, 5.41) is 26.0. The Morgan fingerprint density at radius 3 is 2.33 bits per heavy atom. The quantitative estimate of drug-likeness (QED) is 0.361. The molecule has 0 radical (unpaired) electrons. The Balaban J connectivity index is 1.47. The van der Waals surface area contributed by atoms with Crippen LogP contribution in [0.5, 0.6) is 0 Å². The predicted molar refractivity (Wildman–Crippen MR) is 130 cm³/mol. The number of halogens is 6. The van der Waals surface area contributed by atoms with E-state index in [4.69, 9.17) is 4.74 Å². The predicted octanol–water partition coefficient (Wildman–Crippen LogP) is 5.24. The molecule has 0 saturated carbocycles. The number of hydrogen-bond donors (Lipinski definition) is 2. The molecule has 0 aliphatic carbocycles. The van der Waals surface area contributed by atoms with Gasteiger partial charge in [-0.05, 0) is 73.6 Å². The molecule has 2 N–H and O–H groups in total. The molecule has 3 heterocycles. The van der Waals surface area contributed by atoms with Gasteiger partial charge in [0.2, 0.25) is 0 Å². The summed E-state index contributed by atoms with van der Waals surface area (Å²) in [6.07, 6.45) is -7.68. The zero-order valence-electron chi connectivity index (χ0n) is 21.6. The van der Waals surface area contributed by atoms with Gasteiger partial charge in [-0.25, -0.2) is 0 Å². The number of alkyl halides is 6. The molecule has 2 aliphatic heterocycles. The van der Waals surface area contributed by atoms with E-state index in [0.717, 1.165) is 5.56 Å². The van der Waals surface area contributed by atoms with Crippen LogP contribution in [0.2, 0.25) is 0 Å². The topological polar surface area (TPSA) is 85.1 Å². The summed E-state index contributed by atoms with van der Waals surface area (Å²) in [6, 6.07) is 11.1. The second-order valence-corrected chi connectivity index (χ2v) is 10.8. The fourth-order valence-electron chi connectivity index (χ4n) is 5.91. The standard InChI is InChI=1S/C27H29F6N5O2/c1-17(39)15-38-35-23(34-37-38)24-8-5-9-25(36-24,22(14-24)10-18-6-3-2-4-7-18)40-16-19-11-20(26(28,29)30)13-21(12-19)27(31,32)33/h2-4,6-7,11-13,17,22,36,39H,5,8-10,14-16H2,1H3. The number of hydrogen-bond acceptors (Lipinski definition) is 6. The molecule has 4 atom stereocenters. The van der Waals surface area contributed by atoms with Gasteiger partial charge in [-0.1, -0.05) is 30.3 Å². The fraction of sp³-hybridized carbons (Fsp3) is 0.519. The van der Waals surface area contributed by atoms with Gasteiger partial charge in [0.25, 0.3) is 0 Å². The number of nitrogens with one attached hydrogen (secondary N) is 1. The summed E-state index contributed by atoms with van der Waals surface area (Å²) in [5.74, 6) is 0.226. The van der Waals surface area contributed by atoms with Crippen LogP contribution in [0.15, 0.2) is 48.5 Å². The molecule has 4 unspecified atom stereocenters. The molecule has 2 bridgehead atoms. The second kappa shape index (κ2) is 10.4. The molecule has 3 aromatic rings. The molecule has 0 spiro atoms. The summed E-state index contributed by atoms with van der Waals surface area (Å²) < 4.78 is 87.0. The van der Waals surface area contributed by atoms with Crippen LogP contribution in [0.4, 0.5) is 26.3 Å². The summed E-state index contributed by atoms with van der Waals surface area (Å²) >= 11 is 0. The molecule has 216 valence electrons. The van der Waals surface area contributed by atoms with Crippen LogP contribution in [0.1, 0.15) is 60.7 Å². The molecule has 1 aromatic heterocycles. The van der Waals surface area contributed by atoms with Crippen molar-refractivity contribution in [2.75, 3.05) is 0 Å². The third-order valence-electron chi connectivity index (χ3n) is 7.63. The minimum Gasteiger partial charge on any atom is -0.391 e. The Morgan fingerprint density at radius 1 is 1.02 bits per heavy atom. The average molecular weight is 570 g/mol. The van der Waals surface area contributed by atoms with Crippen LogP contribution in [0, 0.1) is 5.92 Å². The van der Waals surface area contributed by atoms with E-state index in [-0.39, 0.29) is 24.1 Å². The van der Waals surface area contributed by atoms with Crippen LogP contribution in [0.3, 0.4) is 0 Å². The summed E-state index contributed by atoms with van der Waals surface area (Å²) in [4.78, 5) is 1.30. The van der Waals surface area contributed by atoms with Crippen molar-refractivity contribution in [3.63, 3.8) is 0 Å². The van der Waals surface area contributed by atoms with Gasteiger partial charge in [-0.3, -0.25) is 5.32 Å². The van der Waals surface area contributed by atoms with Crippen molar-refractivity contribution in [2.45, 2.75) is 81.9 Å². The molecular weight excluding hydrogens is 540 g/mol. The molecule has 2 aromatic carbocycles. The highest BCUT2D eigenvalue weighted by Gasteiger charge is 2.59. The number of tetrazole rings is 1. The molecule has 13 heteroatoms. The van der Waals surface area contributed by atoms with Crippen molar-refractivity contribution in [3.05, 3.63) is 76.6 Å². The van der Waals surface area contributed by atoms with Gasteiger partial charge in [0.1, 0.15) is 5.72 Å². The monoisotopic (exact) mass is 569 g/mol. The lowest BCUT2D eigenvalue weighted by Crippen LogP contribution is -2.56. The SMILES string of the molecule is CC(O)Cn1nnc(C23CCCC(OCc4cc(C(F)(F)F)cc(C(F)(F)F)c4)(N2)C(Cc2ccccc2)C3)n1. The number of benzene rings is 2. The van der Waals surface area contributed by atoms with Gasteiger partial charge in [-0.2, -0.15) is 31.1 Å². The van der Waals surface area contributed by atoms with Crippen LogP contribution in [0.25, 0.3) is 0 Å². The van der Waals surface area contributed by atoms with E-state index in [0.29, 0.717) is 50.1 Å². The second-order valence-electron chi connectivity index (χ2n) is 10.8. The Hall–Kier alpha value is -3.03. The first-order valence-corrected chi connectivity index (χ1v) is 13.0. The van der Waals surface area contributed by atoms with Crippen molar-refractivity contribution < 1.29 is 36.2 Å². The van der Waals surface area contributed by atoms with E-state index in [9.17, 15) is 31.4 Å². The Labute approximate surface area is 226 Å². The number of aliphatic hydroxyl groups is 1. The number of aliphatic hydroxyl groups excluding tert-OH is 1. The Kier molecular flexibility index (Phi) is 7.42. The van der Waals surface area contributed by atoms with E-state index < -0.39 is 47.5 Å². The zero-order valence-corrected chi connectivity index (χ0v) is 21.6. The summed E-state index contributed by atoms with van der Waals surface area (Å²) in [6.45, 7) is 1.29. The summed E-state index contributed by atoms with van der Waals surface area (Å²) in [5.41, 5.74) is -3.76. The van der Waals surface area contributed by atoms with Crippen LogP contribution in [-0.4, -0.2) is 37.1 Å². The van der Waals surface area contributed by atoms with E-state index in [2.05, 4.69) is 20.7 Å². The maximum absolute atomic E-state index is 13.4. The van der Waals surface area contributed by atoms with Crippen LogP contribution < -0.4 is 5.32 Å². The van der Waals surface area contributed by atoms with Gasteiger partial charge in [0, 0.05) is 5.92 Å². The van der Waals surface area contributed by atoms with Crippen LogP contribution in [-0.2, 0) is 42.2 Å². The van der Waals surface area contributed by atoms with Crippen molar-refractivity contribution >= 4 is 0 Å². The van der Waals surface area contributed by atoms with Gasteiger partial charge in [0.05, 0.1) is 35.9 Å². The fourth-order valence-corrected chi connectivity index (χ4v) is 5.91. The van der Waals surface area contributed by atoms with E-state index >= 15 is 0 Å². The van der Waals surface area contributed by atoms with Gasteiger partial charge in [-0.15, -0.1) is 10.2 Å². The van der Waals surface area contributed by atoms with Gasteiger partial charge < -0.3 is 9.84 Å². The van der Waals surface area contributed by atoms with Crippen LogP contribution >= 0.6 is 0 Å².